The first-order chi connectivity index (χ1) is 6.20. The van der Waals surface area contributed by atoms with Gasteiger partial charge >= 0.3 is 6.16 Å². The second-order valence-corrected chi connectivity index (χ2v) is 2.83. The van der Waals surface area contributed by atoms with Crippen LogP contribution in [-0.4, -0.2) is 38.4 Å². The average Bonchev–Trinajstić information content (AvgIpc) is 2.66. The van der Waals surface area contributed by atoms with Crippen molar-refractivity contribution in [2.75, 3.05) is 20.0 Å². The molecule has 0 aromatic heterocycles. The van der Waals surface area contributed by atoms with Crippen LogP contribution in [0.5, 0.6) is 0 Å². The normalized spacial score (nSPS) is 31.7. The van der Waals surface area contributed by atoms with E-state index in [1.807, 2.05) is 0 Å². The SMILES string of the molecule is C1COCO1.CC1OC(=O)OC1C. The lowest BCUT2D eigenvalue weighted by Gasteiger charge is -2.00. The quantitative estimate of drug-likeness (QED) is 0.531. The Bertz CT molecular complexity index is 146. The molecule has 0 spiro atoms. The van der Waals surface area contributed by atoms with E-state index in [1.165, 1.54) is 0 Å². The molecule has 0 aliphatic carbocycles. The Morgan fingerprint density at radius 3 is 1.69 bits per heavy atom. The van der Waals surface area contributed by atoms with E-state index in [1.54, 1.807) is 13.8 Å². The second kappa shape index (κ2) is 5.04. The largest absolute Gasteiger partial charge is 0.509 e. The van der Waals surface area contributed by atoms with E-state index in [0.29, 0.717) is 6.79 Å². The van der Waals surface area contributed by atoms with Crippen LogP contribution in [0.15, 0.2) is 0 Å². The zero-order valence-corrected chi connectivity index (χ0v) is 7.82. The van der Waals surface area contributed by atoms with Crippen molar-refractivity contribution in [3.63, 3.8) is 0 Å². The Morgan fingerprint density at radius 1 is 1.08 bits per heavy atom. The summed E-state index contributed by atoms with van der Waals surface area (Å²) in [6, 6.07) is 0. The molecule has 13 heavy (non-hydrogen) atoms. The van der Waals surface area contributed by atoms with Crippen molar-refractivity contribution in [3.8, 4) is 0 Å². The van der Waals surface area contributed by atoms with Gasteiger partial charge in [-0.1, -0.05) is 0 Å². The maximum absolute atomic E-state index is 10.2. The zero-order chi connectivity index (χ0) is 9.68. The summed E-state index contributed by atoms with van der Waals surface area (Å²) in [6.45, 7) is 5.66. The standard InChI is InChI=1S/C5H8O3.C3H6O2/c1-3-4(2)8-5(6)7-3;1-2-5-3-4-1/h3-4H,1-2H3;1-3H2. The van der Waals surface area contributed by atoms with Gasteiger partial charge in [0.05, 0.1) is 13.2 Å². The third-order valence-electron chi connectivity index (χ3n) is 1.76. The monoisotopic (exact) mass is 190 g/mol. The molecule has 0 N–H and O–H groups in total. The number of hydrogen-bond donors (Lipinski definition) is 0. The Balaban J connectivity index is 0.000000145. The van der Waals surface area contributed by atoms with Crippen LogP contribution >= 0.6 is 0 Å². The molecule has 0 saturated carbocycles. The van der Waals surface area contributed by atoms with Gasteiger partial charge in [-0.3, -0.25) is 0 Å². The van der Waals surface area contributed by atoms with Gasteiger partial charge in [0.1, 0.15) is 19.0 Å². The first kappa shape index (κ1) is 10.3. The summed E-state index contributed by atoms with van der Waals surface area (Å²) in [5, 5.41) is 0. The Labute approximate surface area is 76.9 Å². The highest BCUT2D eigenvalue weighted by molar-refractivity contribution is 5.62. The Morgan fingerprint density at radius 2 is 1.54 bits per heavy atom. The molecular formula is C8H14O5. The number of ether oxygens (including phenoxy) is 4. The van der Waals surface area contributed by atoms with E-state index in [-0.39, 0.29) is 12.2 Å². The minimum atomic E-state index is -0.551. The highest BCUT2D eigenvalue weighted by atomic mass is 16.8. The lowest BCUT2D eigenvalue weighted by molar-refractivity contribution is 0.0692. The fraction of sp³-hybridized carbons (Fsp3) is 0.875. The van der Waals surface area contributed by atoms with Gasteiger partial charge in [-0.15, -0.1) is 0 Å². The minimum Gasteiger partial charge on any atom is -0.427 e. The summed E-state index contributed by atoms with van der Waals surface area (Å²) >= 11 is 0. The van der Waals surface area contributed by atoms with Gasteiger partial charge in [0.25, 0.3) is 0 Å². The van der Waals surface area contributed by atoms with Crippen molar-refractivity contribution in [3.05, 3.63) is 0 Å². The maximum Gasteiger partial charge on any atom is 0.509 e. The van der Waals surface area contributed by atoms with E-state index >= 15 is 0 Å². The van der Waals surface area contributed by atoms with E-state index in [0.717, 1.165) is 13.2 Å². The molecule has 5 nitrogen and oxygen atoms in total. The molecule has 2 aliphatic rings. The van der Waals surface area contributed by atoms with Crippen molar-refractivity contribution in [2.45, 2.75) is 26.1 Å². The number of rotatable bonds is 0. The van der Waals surface area contributed by atoms with Crippen LogP contribution in [0.3, 0.4) is 0 Å². The van der Waals surface area contributed by atoms with Crippen LogP contribution in [0.1, 0.15) is 13.8 Å². The first-order valence-corrected chi connectivity index (χ1v) is 4.23. The maximum atomic E-state index is 10.2. The molecule has 2 unspecified atom stereocenters. The van der Waals surface area contributed by atoms with Crippen molar-refractivity contribution >= 4 is 6.16 Å². The summed E-state index contributed by atoms with van der Waals surface area (Å²) in [5.74, 6) is 0. The van der Waals surface area contributed by atoms with Gasteiger partial charge < -0.3 is 18.9 Å². The predicted octanol–water partition coefficient (Wildman–Crippen LogP) is 0.921. The fourth-order valence-corrected chi connectivity index (χ4v) is 0.818. The van der Waals surface area contributed by atoms with Gasteiger partial charge in [0.2, 0.25) is 0 Å². The second-order valence-electron chi connectivity index (χ2n) is 2.83. The average molecular weight is 190 g/mol. The molecule has 0 radical (unpaired) electrons. The summed E-state index contributed by atoms with van der Waals surface area (Å²) in [6.07, 6.45) is -0.713. The van der Waals surface area contributed by atoms with E-state index in [9.17, 15) is 4.79 Å². The highest BCUT2D eigenvalue weighted by Crippen LogP contribution is 2.12. The third kappa shape index (κ3) is 3.61. The van der Waals surface area contributed by atoms with Gasteiger partial charge in [-0.05, 0) is 13.8 Å². The van der Waals surface area contributed by atoms with Gasteiger partial charge in [0, 0.05) is 0 Å². The molecule has 0 aromatic rings. The van der Waals surface area contributed by atoms with Crippen LogP contribution in [-0.2, 0) is 18.9 Å². The van der Waals surface area contributed by atoms with Gasteiger partial charge in [0.15, 0.2) is 0 Å². The predicted molar refractivity (Wildman–Crippen MR) is 43.3 cm³/mol. The minimum absolute atomic E-state index is 0.0810. The van der Waals surface area contributed by atoms with Crippen molar-refractivity contribution in [1.82, 2.24) is 0 Å². The molecular weight excluding hydrogens is 176 g/mol. The molecule has 2 rings (SSSR count). The van der Waals surface area contributed by atoms with Gasteiger partial charge in [-0.2, -0.15) is 0 Å². The molecule has 0 amide bonds. The molecule has 2 heterocycles. The Hall–Kier alpha value is -0.810. The van der Waals surface area contributed by atoms with E-state index in [4.69, 9.17) is 9.47 Å². The van der Waals surface area contributed by atoms with Crippen molar-refractivity contribution in [1.29, 1.82) is 0 Å². The number of cyclic esters (lactones) is 2. The van der Waals surface area contributed by atoms with Crippen LogP contribution in [0.25, 0.3) is 0 Å². The zero-order valence-electron chi connectivity index (χ0n) is 7.82. The molecule has 5 heteroatoms. The molecule has 2 fully saturated rings. The summed E-state index contributed by atoms with van der Waals surface area (Å²) in [7, 11) is 0. The lowest BCUT2D eigenvalue weighted by Crippen LogP contribution is -2.13. The number of hydrogen-bond acceptors (Lipinski definition) is 5. The van der Waals surface area contributed by atoms with Crippen LogP contribution < -0.4 is 0 Å². The number of carbonyl (C=O) groups is 1. The van der Waals surface area contributed by atoms with Crippen LogP contribution in [0, 0.1) is 0 Å². The molecule has 2 saturated heterocycles. The van der Waals surface area contributed by atoms with Crippen LogP contribution in [0.2, 0.25) is 0 Å². The molecule has 0 aromatic carbocycles. The number of carbonyl (C=O) groups excluding carboxylic acids is 1. The van der Waals surface area contributed by atoms with E-state index in [2.05, 4.69) is 9.47 Å². The fourth-order valence-electron chi connectivity index (χ4n) is 0.818. The summed E-state index contributed by atoms with van der Waals surface area (Å²) in [4.78, 5) is 10.2. The smallest absolute Gasteiger partial charge is 0.427 e. The molecule has 2 atom stereocenters. The van der Waals surface area contributed by atoms with Crippen molar-refractivity contribution in [2.24, 2.45) is 0 Å². The summed E-state index contributed by atoms with van der Waals surface area (Å²) in [5.41, 5.74) is 0. The van der Waals surface area contributed by atoms with E-state index < -0.39 is 6.16 Å². The molecule has 0 bridgehead atoms. The van der Waals surface area contributed by atoms with Crippen molar-refractivity contribution < 1.29 is 23.7 Å². The highest BCUT2D eigenvalue weighted by Gasteiger charge is 2.28. The Kier molecular flexibility index (Phi) is 3.98. The van der Waals surface area contributed by atoms with Crippen LogP contribution in [0.4, 0.5) is 4.79 Å². The summed E-state index contributed by atoms with van der Waals surface area (Å²) < 4.78 is 18.7. The van der Waals surface area contributed by atoms with Gasteiger partial charge in [-0.25, -0.2) is 4.79 Å². The lowest BCUT2D eigenvalue weighted by atomic mass is 10.3. The first-order valence-electron chi connectivity index (χ1n) is 4.23. The third-order valence-corrected chi connectivity index (χ3v) is 1.76. The molecule has 2 aliphatic heterocycles. The molecule has 76 valence electrons. The topological polar surface area (TPSA) is 54.0 Å².